The Morgan fingerprint density at radius 3 is 2.68 bits per heavy atom. The number of carbonyl (C=O) groups is 1. The first kappa shape index (κ1) is 19.7. The fraction of sp³-hybridized carbons (Fsp3) is 0.211. The predicted octanol–water partition coefficient (Wildman–Crippen LogP) is 3.70. The van der Waals surface area contributed by atoms with Crippen LogP contribution in [0, 0.1) is 0 Å². The minimum Gasteiger partial charge on any atom is -0.493 e. The molecule has 0 bridgehead atoms. The van der Waals surface area contributed by atoms with E-state index in [-0.39, 0.29) is 13.0 Å². The van der Waals surface area contributed by atoms with E-state index in [1.54, 1.807) is 36.9 Å². The number of nitrogens with zero attached hydrogens (tertiary/aromatic N) is 2. The van der Waals surface area contributed by atoms with E-state index in [0.717, 1.165) is 11.1 Å². The molecular formula is C19H19ClN4O4. The number of hydroxylamine groups is 1. The van der Waals surface area contributed by atoms with Crippen molar-refractivity contribution in [1.82, 2.24) is 15.4 Å². The van der Waals surface area contributed by atoms with Gasteiger partial charge in [-0.1, -0.05) is 11.6 Å². The zero-order chi connectivity index (χ0) is 19.9. The molecule has 0 saturated heterocycles. The molecule has 0 fully saturated rings. The van der Waals surface area contributed by atoms with Gasteiger partial charge in [-0.25, -0.2) is 15.4 Å². The molecule has 1 aromatic heterocycles. The highest BCUT2D eigenvalue weighted by Crippen LogP contribution is 2.34. The van der Waals surface area contributed by atoms with Gasteiger partial charge < -0.3 is 14.8 Å². The van der Waals surface area contributed by atoms with Crippen LogP contribution in [0.1, 0.15) is 12.8 Å². The number of hydrogen-bond acceptors (Lipinski definition) is 7. The Labute approximate surface area is 166 Å². The van der Waals surface area contributed by atoms with Gasteiger partial charge >= 0.3 is 0 Å². The fourth-order valence-electron chi connectivity index (χ4n) is 2.58. The van der Waals surface area contributed by atoms with Gasteiger partial charge in [0.25, 0.3) is 0 Å². The molecule has 8 nitrogen and oxygen atoms in total. The van der Waals surface area contributed by atoms with Crippen molar-refractivity contribution in [3.8, 4) is 11.5 Å². The zero-order valence-corrected chi connectivity index (χ0v) is 15.9. The smallest absolute Gasteiger partial charge is 0.243 e. The molecule has 146 valence electrons. The van der Waals surface area contributed by atoms with Gasteiger partial charge in [-0.2, -0.15) is 0 Å². The predicted molar refractivity (Wildman–Crippen MR) is 105 cm³/mol. The summed E-state index contributed by atoms with van der Waals surface area (Å²) in [7, 11) is 1.54. The van der Waals surface area contributed by atoms with Gasteiger partial charge in [0.05, 0.1) is 19.2 Å². The van der Waals surface area contributed by atoms with Crippen LogP contribution < -0.4 is 20.3 Å². The average Bonchev–Trinajstić information content (AvgIpc) is 2.72. The van der Waals surface area contributed by atoms with Crippen molar-refractivity contribution < 1.29 is 19.5 Å². The van der Waals surface area contributed by atoms with Crippen molar-refractivity contribution in [1.29, 1.82) is 0 Å². The number of nitrogens with one attached hydrogen (secondary N) is 2. The van der Waals surface area contributed by atoms with Crippen molar-refractivity contribution >= 4 is 39.9 Å². The number of halogens is 1. The van der Waals surface area contributed by atoms with E-state index in [1.807, 2.05) is 12.1 Å². The second kappa shape index (κ2) is 9.20. The van der Waals surface area contributed by atoms with E-state index in [2.05, 4.69) is 15.3 Å². The normalized spacial score (nSPS) is 10.5. The maximum Gasteiger partial charge on any atom is 0.243 e. The first-order valence-corrected chi connectivity index (χ1v) is 8.89. The van der Waals surface area contributed by atoms with Crippen LogP contribution in [0.15, 0.2) is 42.7 Å². The van der Waals surface area contributed by atoms with Crippen molar-refractivity contribution in [3.63, 3.8) is 0 Å². The van der Waals surface area contributed by atoms with Gasteiger partial charge in [0.15, 0.2) is 11.5 Å². The number of hydrogen-bond donors (Lipinski definition) is 3. The number of amides is 1. The van der Waals surface area contributed by atoms with Crippen LogP contribution in [-0.2, 0) is 4.79 Å². The molecule has 0 atom stereocenters. The second-order valence-corrected chi connectivity index (χ2v) is 6.30. The maximum absolute atomic E-state index is 11.1. The quantitative estimate of drug-likeness (QED) is 0.299. The molecule has 0 aliphatic carbocycles. The summed E-state index contributed by atoms with van der Waals surface area (Å²) in [5.41, 5.74) is 3.11. The Morgan fingerprint density at radius 2 is 1.96 bits per heavy atom. The van der Waals surface area contributed by atoms with Gasteiger partial charge in [-0.15, -0.1) is 0 Å². The molecule has 3 rings (SSSR count). The molecule has 2 aromatic carbocycles. The minimum absolute atomic E-state index is 0.152. The topological polar surface area (TPSA) is 106 Å². The lowest BCUT2D eigenvalue weighted by Crippen LogP contribution is -2.18. The Morgan fingerprint density at radius 1 is 1.18 bits per heavy atom. The number of aromatic nitrogens is 2. The molecular weight excluding hydrogens is 384 g/mol. The molecule has 0 aliphatic heterocycles. The standard InChI is InChI=1S/C19H19ClN4O4/c1-27-16-10-15-14(9-17(16)28-8-2-3-18(25)24-26)19(22-11-21-15)23-13-6-4-12(20)5-7-13/h4-7,9-11,26H,2-3,8H2,1H3,(H,24,25)(H,21,22,23). The summed E-state index contributed by atoms with van der Waals surface area (Å²) < 4.78 is 11.1. The summed E-state index contributed by atoms with van der Waals surface area (Å²) in [6.07, 6.45) is 2.06. The Bertz CT molecular complexity index is 966. The second-order valence-electron chi connectivity index (χ2n) is 5.86. The van der Waals surface area contributed by atoms with E-state index >= 15 is 0 Å². The largest absolute Gasteiger partial charge is 0.493 e. The van der Waals surface area contributed by atoms with Crippen molar-refractivity contribution in [2.24, 2.45) is 0 Å². The summed E-state index contributed by atoms with van der Waals surface area (Å²) in [5.74, 6) is 1.18. The molecule has 3 N–H and O–H groups in total. The van der Waals surface area contributed by atoms with Crippen LogP contribution in [-0.4, -0.2) is 34.8 Å². The van der Waals surface area contributed by atoms with Crippen molar-refractivity contribution in [2.75, 3.05) is 19.0 Å². The molecule has 3 aromatic rings. The highest BCUT2D eigenvalue weighted by Gasteiger charge is 2.12. The first-order chi connectivity index (χ1) is 13.6. The van der Waals surface area contributed by atoms with Crippen LogP contribution in [0.5, 0.6) is 11.5 Å². The van der Waals surface area contributed by atoms with Crippen molar-refractivity contribution in [2.45, 2.75) is 12.8 Å². The first-order valence-electron chi connectivity index (χ1n) is 8.52. The summed E-state index contributed by atoms with van der Waals surface area (Å²) in [6, 6.07) is 10.8. The number of anilines is 2. The van der Waals surface area contributed by atoms with Gasteiger partial charge in [0.2, 0.25) is 5.91 Å². The van der Waals surface area contributed by atoms with E-state index in [0.29, 0.717) is 34.3 Å². The third-order valence-electron chi connectivity index (χ3n) is 3.96. The number of carbonyl (C=O) groups excluding carboxylic acids is 1. The van der Waals surface area contributed by atoms with E-state index < -0.39 is 5.91 Å². The molecule has 0 aliphatic rings. The van der Waals surface area contributed by atoms with E-state index in [9.17, 15) is 4.79 Å². The van der Waals surface area contributed by atoms with E-state index in [1.165, 1.54) is 6.33 Å². The molecule has 0 unspecified atom stereocenters. The third kappa shape index (κ3) is 4.79. The van der Waals surface area contributed by atoms with Crippen LogP contribution >= 0.6 is 11.6 Å². The third-order valence-corrected chi connectivity index (χ3v) is 4.21. The Kier molecular flexibility index (Phi) is 6.46. The summed E-state index contributed by atoms with van der Waals surface area (Å²) >= 11 is 5.93. The monoisotopic (exact) mass is 402 g/mol. The van der Waals surface area contributed by atoms with Gasteiger partial charge in [-0.05, 0) is 36.8 Å². The molecule has 9 heteroatoms. The van der Waals surface area contributed by atoms with Gasteiger partial charge in [0, 0.05) is 28.6 Å². The van der Waals surface area contributed by atoms with Crippen LogP contribution in [0.2, 0.25) is 5.02 Å². The van der Waals surface area contributed by atoms with Crippen LogP contribution in [0.3, 0.4) is 0 Å². The van der Waals surface area contributed by atoms with Crippen molar-refractivity contribution in [3.05, 3.63) is 47.7 Å². The fourth-order valence-corrected chi connectivity index (χ4v) is 2.70. The zero-order valence-electron chi connectivity index (χ0n) is 15.1. The summed E-state index contributed by atoms with van der Waals surface area (Å²) in [4.78, 5) is 19.7. The molecule has 28 heavy (non-hydrogen) atoms. The van der Waals surface area contributed by atoms with Crippen LogP contribution in [0.4, 0.5) is 11.5 Å². The SMILES string of the molecule is COc1cc2ncnc(Nc3ccc(Cl)cc3)c2cc1OCCCC(=O)NO. The Hall–Kier alpha value is -3.10. The highest BCUT2D eigenvalue weighted by molar-refractivity contribution is 6.30. The number of rotatable bonds is 8. The molecule has 0 radical (unpaired) electrons. The maximum atomic E-state index is 11.1. The van der Waals surface area contributed by atoms with E-state index in [4.69, 9.17) is 26.3 Å². The van der Waals surface area contributed by atoms with Crippen LogP contribution in [0.25, 0.3) is 10.9 Å². The lowest BCUT2D eigenvalue weighted by Gasteiger charge is -2.14. The molecule has 0 spiro atoms. The minimum atomic E-state index is -0.461. The molecule has 1 amide bonds. The number of methoxy groups -OCH3 is 1. The molecule has 0 saturated carbocycles. The highest BCUT2D eigenvalue weighted by atomic mass is 35.5. The van der Waals surface area contributed by atoms with Gasteiger partial charge in [0.1, 0.15) is 12.1 Å². The van der Waals surface area contributed by atoms with Gasteiger partial charge in [-0.3, -0.25) is 10.0 Å². The molecule has 1 heterocycles. The number of ether oxygens (including phenoxy) is 2. The lowest BCUT2D eigenvalue weighted by atomic mass is 10.2. The Balaban J connectivity index is 1.85. The summed E-state index contributed by atoms with van der Waals surface area (Å²) in [5, 5.41) is 13.2. The number of benzene rings is 2. The lowest BCUT2D eigenvalue weighted by molar-refractivity contribution is -0.129. The summed E-state index contributed by atoms with van der Waals surface area (Å²) in [6.45, 7) is 0.281. The number of fused-ring (bicyclic) bond motifs is 1. The average molecular weight is 403 g/mol.